The van der Waals surface area contributed by atoms with E-state index in [1.165, 1.54) is 0 Å². The molecule has 1 atom stereocenters. The van der Waals surface area contributed by atoms with E-state index in [9.17, 15) is 4.79 Å². The van der Waals surface area contributed by atoms with E-state index in [1.807, 2.05) is 26.8 Å². The molecule has 0 radical (unpaired) electrons. The number of hydrogen-bond acceptors (Lipinski definition) is 5. The lowest BCUT2D eigenvalue weighted by molar-refractivity contribution is 0.0265. The van der Waals surface area contributed by atoms with E-state index >= 15 is 0 Å². The number of nitrogens with two attached hydrogens (primary N) is 1. The minimum atomic E-state index is -0.519. The van der Waals surface area contributed by atoms with Gasteiger partial charge in [-0.05, 0) is 26.3 Å². The van der Waals surface area contributed by atoms with Gasteiger partial charge in [-0.1, -0.05) is 11.3 Å². The summed E-state index contributed by atoms with van der Waals surface area (Å²) < 4.78 is 7.00. The van der Waals surface area contributed by atoms with Gasteiger partial charge in [0.2, 0.25) is 0 Å². The van der Waals surface area contributed by atoms with Crippen molar-refractivity contribution in [3.8, 4) is 0 Å². The van der Waals surface area contributed by atoms with Crippen LogP contribution >= 0.6 is 0 Å². The molecule has 1 amide bonds. The predicted molar refractivity (Wildman–Crippen MR) is 74.8 cm³/mol. The molecule has 1 aliphatic rings. The Morgan fingerprint density at radius 1 is 1.50 bits per heavy atom. The van der Waals surface area contributed by atoms with Crippen molar-refractivity contribution >= 4 is 11.7 Å². The second-order valence-electron chi connectivity index (χ2n) is 5.99. The lowest BCUT2D eigenvalue weighted by Crippen LogP contribution is -2.46. The van der Waals surface area contributed by atoms with Gasteiger partial charge in [0.15, 0.2) is 0 Å². The van der Waals surface area contributed by atoms with Crippen molar-refractivity contribution < 1.29 is 9.53 Å². The summed E-state index contributed by atoms with van der Waals surface area (Å²) in [5, 5.41) is 7.95. The molecule has 0 bridgehead atoms. The van der Waals surface area contributed by atoms with Crippen molar-refractivity contribution in [2.45, 2.75) is 32.4 Å². The number of hydrogen-bond donors (Lipinski definition) is 1. The van der Waals surface area contributed by atoms with Crippen LogP contribution in [-0.4, -0.2) is 50.7 Å². The van der Waals surface area contributed by atoms with E-state index in [2.05, 4.69) is 10.3 Å². The largest absolute Gasteiger partial charge is 0.444 e. The summed E-state index contributed by atoms with van der Waals surface area (Å²) >= 11 is 0. The lowest BCUT2D eigenvalue weighted by Gasteiger charge is -2.32. The molecule has 2 N–H and O–H groups in total. The fourth-order valence-corrected chi connectivity index (χ4v) is 2.01. The van der Waals surface area contributed by atoms with E-state index in [0.717, 1.165) is 11.3 Å². The fraction of sp³-hybridized carbons (Fsp3) is 0.615. The smallest absolute Gasteiger partial charge is 0.410 e. The molecule has 1 unspecified atom stereocenters. The Balaban J connectivity index is 2.12. The van der Waals surface area contributed by atoms with E-state index < -0.39 is 5.60 Å². The van der Waals surface area contributed by atoms with Gasteiger partial charge < -0.3 is 15.4 Å². The Morgan fingerprint density at radius 3 is 2.75 bits per heavy atom. The highest BCUT2D eigenvalue weighted by atomic mass is 16.6. The molecule has 0 saturated carbocycles. The van der Waals surface area contributed by atoms with Crippen LogP contribution in [0.2, 0.25) is 0 Å². The van der Waals surface area contributed by atoms with Crippen LogP contribution < -0.4 is 5.73 Å². The zero-order valence-electron chi connectivity index (χ0n) is 12.3. The Hall–Kier alpha value is -1.89. The van der Waals surface area contributed by atoms with Gasteiger partial charge in [-0.25, -0.2) is 4.79 Å². The van der Waals surface area contributed by atoms with Crippen LogP contribution in [0.15, 0.2) is 12.3 Å². The van der Waals surface area contributed by atoms with Crippen LogP contribution in [0.4, 0.5) is 4.79 Å². The first-order chi connectivity index (χ1) is 9.24. The molecule has 20 heavy (non-hydrogen) atoms. The summed E-state index contributed by atoms with van der Waals surface area (Å²) in [6.45, 7) is 6.40. The van der Waals surface area contributed by atoms with Gasteiger partial charge in [-0.15, -0.1) is 5.10 Å². The monoisotopic (exact) mass is 279 g/mol. The van der Waals surface area contributed by atoms with Gasteiger partial charge >= 0.3 is 6.09 Å². The minimum Gasteiger partial charge on any atom is -0.444 e. The Labute approximate surface area is 118 Å². The molecular weight excluding hydrogens is 258 g/mol. The molecule has 1 aromatic heterocycles. The van der Waals surface area contributed by atoms with Crippen molar-refractivity contribution in [2.24, 2.45) is 12.8 Å². The Bertz CT molecular complexity index is 529. The van der Waals surface area contributed by atoms with Crippen LogP contribution in [0.5, 0.6) is 0 Å². The molecule has 0 spiro atoms. The van der Waals surface area contributed by atoms with E-state index in [-0.39, 0.29) is 12.1 Å². The molecule has 0 saturated heterocycles. The second-order valence-corrected chi connectivity index (χ2v) is 5.99. The highest BCUT2D eigenvalue weighted by Gasteiger charge is 2.27. The normalized spacial score (nSPS) is 19.8. The summed E-state index contributed by atoms with van der Waals surface area (Å²) in [5.41, 5.74) is 7.09. The van der Waals surface area contributed by atoms with Gasteiger partial charge in [0, 0.05) is 19.6 Å². The first-order valence-electron chi connectivity index (χ1n) is 6.55. The number of carbonyl (C=O) groups excluding carboxylic acids is 1. The van der Waals surface area contributed by atoms with Gasteiger partial charge in [-0.3, -0.25) is 4.68 Å². The standard InChI is InChI=1S/C13H21N5O2/c1-13(2,3)20-12(19)18-6-9(5-10(14)7-18)11-8-17(4)16-15-11/h5,8,10H,6-7,14H2,1-4H3. The maximum absolute atomic E-state index is 12.1. The zero-order chi connectivity index (χ0) is 14.9. The molecule has 7 nitrogen and oxygen atoms in total. The molecule has 7 heteroatoms. The molecule has 2 heterocycles. The van der Waals surface area contributed by atoms with Crippen molar-refractivity contribution in [2.75, 3.05) is 13.1 Å². The average Bonchev–Trinajstić information content (AvgIpc) is 2.73. The number of nitrogens with zero attached hydrogens (tertiary/aromatic N) is 4. The maximum atomic E-state index is 12.1. The molecule has 2 rings (SSSR count). The fourth-order valence-electron chi connectivity index (χ4n) is 2.01. The molecule has 0 fully saturated rings. The van der Waals surface area contributed by atoms with Crippen LogP contribution in [0.1, 0.15) is 26.5 Å². The van der Waals surface area contributed by atoms with Gasteiger partial charge in [0.25, 0.3) is 0 Å². The van der Waals surface area contributed by atoms with E-state index in [0.29, 0.717) is 13.1 Å². The SMILES string of the molecule is Cn1cc(C2=CC(N)CN(C(=O)OC(C)(C)C)C2)nn1. The van der Waals surface area contributed by atoms with Crippen LogP contribution in [0.25, 0.3) is 5.57 Å². The molecular formula is C13H21N5O2. The third-order valence-electron chi connectivity index (χ3n) is 2.79. The van der Waals surface area contributed by atoms with Crippen LogP contribution in [0, 0.1) is 0 Å². The third-order valence-corrected chi connectivity index (χ3v) is 2.79. The van der Waals surface area contributed by atoms with E-state index in [1.54, 1.807) is 22.8 Å². The zero-order valence-corrected chi connectivity index (χ0v) is 12.3. The first-order valence-corrected chi connectivity index (χ1v) is 6.55. The summed E-state index contributed by atoms with van der Waals surface area (Å²) in [6.07, 6.45) is 3.37. The number of rotatable bonds is 1. The average molecular weight is 279 g/mol. The Kier molecular flexibility index (Phi) is 3.80. The van der Waals surface area contributed by atoms with Crippen molar-refractivity contribution in [1.29, 1.82) is 0 Å². The van der Waals surface area contributed by atoms with Crippen molar-refractivity contribution in [3.05, 3.63) is 18.0 Å². The van der Waals surface area contributed by atoms with Crippen molar-refractivity contribution in [3.63, 3.8) is 0 Å². The van der Waals surface area contributed by atoms with E-state index in [4.69, 9.17) is 10.5 Å². The lowest BCUT2D eigenvalue weighted by atomic mass is 10.0. The van der Waals surface area contributed by atoms with Crippen LogP contribution in [0.3, 0.4) is 0 Å². The first kappa shape index (κ1) is 14.5. The molecule has 1 aromatic rings. The summed E-state index contributed by atoms with van der Waals surface area (Å²) in [7, 11) is 1.80. The number of aromatic nitrogens is 3. The van der Waals surface area contributed by atoms with Crippen molar-refractivity contribution in [1.82, 2.24) is 19.9 Å². The number of amides is 1. The molecule has 110 valence electrons. The summed E-state index contributed by atoms with van der Waals surface area (Å²) in [6, 6.07) is -0.228. The minimum absolute atomic E-state index is 0.228. The number of carbonyl (C=O) groups is 1. The maximum Gasteiger partial charge on any atom is 0.410 e. The second kappa shape index (κ2) is 5.24. The number of aryl methyl sites for hydroxylation is 1. The molecule has 1 aliphatic heterocycles. The summed E-state index contributed by atoms with van der Waals surface area (Å²) in [5.74, 6) is 0. The van der Waals surface area contributed by atoms with Gasteiger partial charge in [0.05, 0.1) is 12.7 Å². The highest BCUT2D eigenvalue weighted by Crippen LogP contribution is 2.20. The molecule has 0 aromatic carbocycles. The highest BCUT2D eigenvalue weighted by molar-refractivity contribution is 5.74. The molecule has 0 aliphatic carbocycles. The number of ether oxygens (including phenoxy) is 1. The van der Waals surface area contributed by atoms with Gasteiger partial charge in [-0.2, -0.15) is 0 Å². The predicted octanol–water partition coefficient (Wildman–Crippen LogP) is 0.776. The topological polar surface area (TPSA) is 86.3 Å². The van der Waals surface area contributed by atoms with Crippen LogP contribution in [-0.2, 0) is 11.8 Å². The Morgan fingerprint density at radius 2 is 2.20 bits per heavy atom. The van der Waals surface area contributed by atoms with Gasteiger partial charge in [0.1, 0.15) is 11.3 Å². The summed E-state index contributed by atoms with van der Waals surface area (Å²) in [4.78, 5) is 13.7. The third kappa shape index (κ3) is 3.57. The quantitative estimate of drug-likeness (QED) is 0.820.